The van der Waals surface area contributed by atoms with Crippen molar-refractivity contribution in [3.05, 3.63) is 0 Å². The smallest absolute Gasteiger partial charge is 0.341 e. The minimum atomic E-state index is -0.683. The van der Waals surface area contributed by atoms with Crippen LogP contribution >= 0.6 is 0 Å². The van der Waals surface area contributed by atoms with Gasteiger partial charge in [0.25, 0.3) is 0 Å². The van der Waals surface area contributed by atoms with Gasteiger partial charge in [0, 0.05) is 0 Å². The third kappa shape index (κ3) is 1.63. The van der Waals surface area contributed by atoms with E-state index in [1.807, 2.05) is 0 Å². The van der Waals surface area contributed by atoms with Gasteiger partial charge in [-0.3, -0.25) is 0 Å². The van der Waals surface area contributed by atoms with Crippen LogP contribution in [0.3, 0.4) is 0 Å². The fourth-order valence-corrected chi connectivity index (χ4v) is 4.10. The van der Waals surface area contributed by atoms with E-state index in [1.54, 1.807) is 0 Å². The molecule has 2 aliphatic rings. The molecule has 18 heavy (non-hydrogen) atoms. The third-order valence-electron chi connectivity index (χ3n) is 4.95. The first-order valence-electron chi connectivity index (χ1n) is 7.21. The Morgan fingerprint density at radius 3 is 2.44 bits per heavy atom. The van der Waals surface area contributed by atoms with Gasteiger partial charge in [-0.2, -0.15) is 0 Å². The van der Waals surface area contributed by atoms with E-state index in [1.165, 1.54) is 20.0 Å². The van der Waals surface area contributed by atoms with Crippen LogP contribution in [-0.4, -0.2) is 24.3 Å². The van der Waals surface area contributed by atoms with Crippen LogP contribution in [0.5, 0.6) is 0 Å². The van der Waals surface area contributed by atoms with Crippen LogP contribution in [0.15, 0.2) is 0 Å². The Balaban J connectivity index is 2.34. The van der Waals surface area contributed by atoms with Gasteiger partial charge in [-0.1, -0.05) is 40.5 Å². The quantitative estimate of drug-likeness (QED) is 0.573. The van der Waals surface area contributed by atoms with Crippen LogP contribution in [0.25, 0.3) is 0 Å². The molecule has 0 aromatic rings. The molecule has 1 heterocycles. The molecular formula is C15H26O3. The highest BCUT2D eigenvalue weighted by Crippen LogP contribution is 2.64. The molecule has 3 heteroatoms. The van der Waals surface area contributed by atoms with Crippen molar-refractivity contribution in [3.63, 3.8) is 0 Å². The van der Waals surface area contributed by atoms with E-state index in [9.17, 15) is 4.79 Å². The number of carbonyl (C=O) groups is 1. The molecule has 1 saturated heterocycles. The van der Waals surface area contributed by atoms with Crippen LogP contribution in [0.4, 0.5) is 0 Å². The van der Waals surface area contributed by atoms with Crippen molar-refractivity contribution in [1.82, 2.24) is 0 Å². The van der Waals surface area contributed by atoms with Crippen molar-refractivity contribution in [2.75, 3.05) is 7.11 Å². The molecule has 2 rings (SSSR count). The van der Waals surface area contributed by atoms with Crippen molar-refractivity contribution in [2.24, 2.45) is 17.8 Å². The van der Waals surface area contributed by atoms with Gasteiger partial charge in [0.05, 0.1) is 7.11 Å². The van der Waals surface area contributed by atoms with E-state index in [4.69, 9.17) is 9.47 Å². The first kappa shape index (κ1) is 13.9. The molecular weight excluding hydrogens is 228 g/mol. The second-order valence-electron chi connectivity index (χ2n) is 6.47. The molecule has 1 spiro atoms. The van der Waals surface area contributed by atoms with Gasteiger partial charge in [0.1, 0.15) is 5.60 Å². The predicted molar refractivity (Wildman–Crippen MR) is 70.2 cm³/mol. The summed E-state index contributed by atoms with van der Waals surface area (Å²) in [6.07, 6.45) is 4.59. The highest BCUT2D eigenvalue weighted by atomic mass is 16.7. The average Bonchev–Trinajstić information content (AvgIpc) is 2.98. The highest BCUT2D eigenvalue weighted by Gasteiger charge is 2.79. The summed E-state index contributed by atoms with van der Waals surface area (Å²) in [5, 5.41) is 0. The largest absolute Gasteiger partial charge is 0.467 e. The number of hydrogen-bond acceptors (Lipinski definition) is 3. The van der Waals surface area contributed by atoms with Crippen molar-refractivity contribution < 1.29 is 14.3 Å². The maximum atomic E-state index is 12.2. The fourth-order valence-electron chi connectivity index (χ4n) is 4.10. The summed E-state index contributed by atoms with van der Waals surface area (Å²) < 4.78 is 11.2. The maximum Gasteiger partial charge on any atom is 0.341 e. The van der Waals surface area contributed by atoms with Crippen molar-refractivity contribution in [1.29, 1.82) is 0 Å². The minimum Gasteiger partial charge on any atom is -0.467 e. The Hall–Kier alpha value is -0.570. The van der Waals surface area contributed by atoms with Gasteiger partial charge in [-0.25, -0.2) is 4.79 Å². The topological polar surface area (TPSA) is 38.8 Å². The number of esters is 1. The van der Waals surface area contributed by atoms with Crippen LogP contribution in [0, 0.1) is 17.8 Å². The molecule has 104 valence electrons. The van der Waals surface area contributed by atoms with E-state index < -0.39 is 5.60 Å². The lowest BCUT2D eigenvalue weighted by atomic mass is 9.65. The summed E-state index contributed by atoms with van der Waals surface area (Å²) in [4.78, 5) is 12.2. The Bertz CT molecular complexity index is 337. The zero-order valence-electron chi connectivity index (χ0n) is 12.3. The molecule has 3 unspecified atom stereocenters. The Labute approximate surface area is 110 Å². The highest BCUT2D eigenvalue weighted by molar-refractivity contribution is 5.85. The van der Waals surface area contributed by atoms with Crippen LogP contribution < -0.4 is 0 Å². The van der Waals surface area contributed by atoms with E-state index >= 15 is 0 Å². The molecule has 1 aliphatic heterocycles. The molecule has 0 amide bonds. The summed E-state index contributed by atoms with van der Waals surface area (Å²) in [7, 11) is 1.47. The molecule has 3 atom stereocenters. The molecule has 1 saturated carbocycles. The van der Waals surface area contributed by atoms with E-state index in [0.29, 0.717) is 11.8 Å². The first-order valence-corrected chi connectivity index (χ1v) is 7.21. The van der Waals surface area contributed by atoms with Gasteiger partial charge in [-0.15, -0.1) is 0 Å². The van der Waals surface area contributed by atoms with Crippen LogP contribution in [0.1, 0.15) is 53.4 Å². The van der Waals surface area contributed by atoms with Gasteiger partial charge < -0.3 is 9.47 Å². The number of methoxy groups -OCH3 is 1. The molecule has 0 radical (unpaired) electrons. The summed E-state index contributed by atoms with van der Waals surface area (Å²) >= 11 is 0. The van der Waals surface area contributed by atoms with Crippen LogP contribution in [0.2, 0.25) is 0 Å². The molecule has 3 nitrogen and oxygen atoms in total. The average molecular weight is 254 g/mol. The van der Waals surface area contributed by atoms with Crippen molar-refractivity contribution in [3.8, 4) is 0 Å². The lowest BCUT2D eigenvalue weighted by Gasteiger charge is -2.35. The van der Waals surface area contributed by atoms with E-state index in [2.05, 4.69) is 27.7 Å². The van der Waals surface area contributed by atoms with Crippen molar-refractivity contribution >= 4 is 5.97 Å². The van der Waals surface area contributed by atoms with E-state index in [-0.39, 0.29) is 17.5 Å². The predicted octanol–water partition coefficient (Wildman–Crippen LogP) is 3.17. The maximum absolute atomic E-state index is 12.2. The molecule has 2 fully saturated rings. The monoisotopic (exact) mass is 254 g/mol. The fraction of sp³-hybridized carbons (Fsp3) is 0.933. The number of epoxide rings is 1. The van der Waals surface area contributed by atoms with Gasteiger partial charge in [0.15, 0.2) is 5.60 Å². The Kier molecular flexibility index (Phi) is 3.48. The third-order valence-corrected chi connectivity index (χ3v) is 4.95. The molecule has 0 N–H and O–H groups in total. The molecule has 0 bridgehead atoms. The SMILES string of the molecule is COC(=O)C1(C(C)C)OC12CCCCC2C(C)C. The van der Waals surface area contributed by atoms with Gasteiger partial charge in [0.2, 0.25) is 0 Å². The normalized spacial score (nSPS) is 39.4. The standard InChI is InChI=1S/C15H26O3/c1-10(2)12-8-6-7-9-14(12)15(18-14,11(3)4)13(16)17-5/h10-12H,6-9H2,1-5H3. The van der Waals surface area contributed by atoms with Crippen LogP contribution in [-0.2, 0) is 14.3 Å². The lowest BCUT2D eigenvalue weighted by Crippen LogP contribution is -2.46. The Morgan fingerprint density at radius 1 is 1.28 bits per heavy atom. The number of carbonyl (C=O) groups excluding carboxylic acids is 1. The molecule has 1 aliphatic carbocycles. The second-order valence-corrected chi connectivity index (χ2v) is 6.47. The van der Waals surface area contributed by atoms with Gasteiger partial charge >= 0.3 is 5.97 Å². The van der Waals surface area contributed by atoms with Crippen molar-refractivity contribution in [2.45, 2.75) is 64.6 Å². The second kappa shape index (κ2) is 4.52. The summed E-state index contributed by atoms with van der Waals surface area (Å²) in [6, 6.07) is 0. The van der Waals surface area contributed by atoms with E-state index in [0.717, 1.165) is 12.8 Å². The first-order chi connectivity index (χ1) is 8.42. The number of ether oxygens (including phenoxy) is 2. The summed E-state index contributed by atoms with van der Waals surface area (Å²) in [5.74, 6) is 1.03. The zero-order valence-corrected chi connectivity index (χ0v) is 12.3. The minimum absolute atomic E-state index is 0.171. The molecule has 0 aromatic heterocycles. The summed E-state index contributed by atoms with van der Waals surface area (Å²) in [6.45, 7) is 8.61. The Morgan fingerprint density at radius 2 is 1.94 bits per heavy atom. The summed E-state index contributed by atoms with van der Waals surface area (Å²) in [5.41, 5.74) is -0.933. The van der Waals surface area contributed by atoms with Gasteiger partial charge in [-0.05, 0) is 30.6 Å². The zero-order chi connectivity index (χ0) is 13.6. The lowest BCUT2D eigenvalue weighted by molar-refractivity contribution is -0.149. The number of hydrogen-bond donors (Lipinski definition) is 0. The number of rotatable bonds is 3. The molecule has 0 aromatic carbocycles.